The lowest BCUT2D eigenvalue weighted by atomic mass is 10.2. The average molecular weight is 365 g/mol. The number of halogens is 1. The molecule has 1 aromatic rings. The highest BCUT2D eigenvalue weighted by molar-refractivity contribution is 6.32. The van der Waals surface area contributed by atoms with E-state index in [0.717, 1.165) is 45.0 Å². The SMILES string of the molecule is C=CN(CCN1CCNCC1)N(C)OCNc1ccc(C#N)c(Cl)c1. The van der Waals surface area contributed by atoms with Crippen molar-refractivity contribution in [1.82, 2.24) is 20.4 Å². The summed E-state index contributed by atoms with van der Waals surface area (Å²) < 4.78 is 0. The fourth-order valence-corrected chi connectivity index (χ4v) is 2.75. The molecule has 136 valence electrons. The summed E-state index contributed by atoms with van der Waals surface area (Å²) in [5.41, 5.74) is 1.25. The van der Waals surface area contributed by atoms with Crippen LogP contribution in [0, 0.1) is 11.3 Å². The Hall–Kier alpha value is -1.82. The van der Waals surface area contributed by atoms with Crippen molar-refractivity contribution >= 4 is 17.3 Å². The number of nitrogens with zero attached hydrogens (tertiary/aromatic N) is 4. The largest absolute Gasteiger partial charge is 0.361 e. The maximum absolute atomic E-state index is 8.88. The van der Waals surface area contributed by atoms with Gasteiger partial charge in [-0.1, -0.05) is 18.2 Å². The second-order valence-corrected chi connectivity index (χ2v) is 6.07. The number of hydrazine groups is 1. The fraction of sp³-hybridized carbons (Fsp3) is 0.471. The minimum atomic E-state index is 0.275. The van der Waals surface area contributed by atoms with Gasteiger partial charge in [0.15, 0.2) is 0 Å². The Morgan fingerprint density at radius 2 is 2.24 bits per heavy atom. The summed E-state index contributed by atoms with van der Waals surface area (Å²) in [6.07, 6.45) is 1.75. The molecule has 1 aliphatic rings. The number of nitrogens with one attached hydrogen (secondary N) is 2. The van der Waals surface area contributed by atoms with E-state index in [0.29, 0.717) is 10.6 Å². The topological polar surface area (TPSA) is 66.8 Å². The van der Waals surface area contributed by atoms with Gasteiger partial charge >= 0.3 is 0 Å². The smallest absolute Gasteiger partial charge is 0.140 e. The zero-order valence-electron chi connectivity index (χ0n) is 14.5. The molecule has 1 aromatic carbocycles. The van der Waals surface area contributed by atoms with Gasteiger partial charge in [-0.25, -0.2) is 0 Å². The van der Waals surface area contributed by atoms with E-state index in [4.69, 9.17) is 21.7 Å². The third-order valence-corrected chi connectivity index (χ3v) is 4.36. The van der Waals surface area contributed by atoms with E-state index in [1.54, 1.807) is 29.6 Å². The molecule has 1 fully saturated rings. The van der Waals surface area contributed by atoms with Crippen molar-refractivity contribution in [2.24, 2.45) is 0 Å². The van der Waals surface area contributed by atoms with Crippen molar-refractivity contribution in [3.8, 4) is 6.07 Å². The van der Waals surface area contributed by atoms with Gasteiger partial charge in [-0.05, 0) is 18.2 Å². The summed E-state index contributed by atoms with van der Waals surface area (Å²) >= 11 is 6.01. The van der Waals surface area contributed by atoms with E-state index in [2.05, 4.69) is 22.1 Å². The van der Waals surface area contributed by atoms with Gasteiger partial charge in [-0.15, -0.1) is 5.17 Å². The van der Waals surface area contributed by atoms with Crippen LogP contribution in [-0.4, -0.2) is 68.1 Å². The molecule has 0 atom stereocenters. The number of benzene rings is 1. The van der Waals surface area contributed by atoms with Crippen LogP contribution in [0.25, 0.3) is 0 Å². The molecule has 25 heavy (non-hydrogen) atoms. The lowest BCUT2D eigenvalue weighted by molar-refractivity contribution is -0.245. The Kier molecular flexibility index (Phi) is 7.98. The molecule has 0 bridgehead atoms. The van der Waals surface area contributed by atoms with Crippen LogP contribution in [0.2, 0.25) is 5.02 Å². The molecule has 0 aromatic heterocycles. The molecule has 0 amide bonds. The molecule has 0 unspecified atom stereocenters. The fourth-order valence-electron chi connectivity index (χ4n) is 2.52. The van der Waals surface area contributed by atoms with Crippen LogP contribution in [0.4, 0.5) is 5.69 Å². The molecule has 7 nitrogen and oxygen atoms in total. The minimum absolute atomic E-state index is 0.275. The van der Waals surface area contributed by atoms with Gasteiger partial charge in [0.2, 0.25) is 0 Å². The van der Waals surface area contributed by atoms with E-state index in [1.165, 1.54) is 0 Å². The summed E-state index contributed by atoms with van der Waals surface area (Å²) in [5.74, 6) is 0. The summed E-state index contributed by atoms with van der Waals surface area (Å²) in [5, 5.41) is 19.4. The molecular weight excluding hydrogens is 340 g/mol. The van der Waals surface area contributed by atoms with Crippen LogP contribution in [0.3, 0.4) is 0 Å². The highest BCUT2D eigenvalue weighted by Crippen LogP contribution is 2.20. The first-order valence-corrected chi connectivity index (χ1v) is 8.64. The van der Waals surface area contributed by atoms with E-state index < -0.39 is 0 Å². The molecule has 1 aliphatic heterocycles. The highest BCUT2D eigenvalue weighted by Gasteiger charge is 2.12. The number of hydrogen-bond acceptors (Lipinski definition) is 7. The average Bonchev–Trinajstić information content (AvgIpc) is 2.63. The van der Waals surface area contributed by atoms with E-state index in [1.807, 2.05) is 18.1 Å². The van der Waals surface area contributed by atoms with Crippen LogP contribution in [-0.2, 0) is 4.84 Å². The van der Waals surface area contributed by atoms with E-state index >= 15 is 0 Å². The van der Waals surface area contributed by atoms with Crippen molar-refractivity contribution in [2.75, 3.05) is 58.4 Å². The van der Waals surface area contributed by atoms with Gasteiger partial charge in [0.25, 0.3) is 0 Å². The normalized spacial score (nSPS) is 15.0. The number of hydrogen-bond donors (Lipinski definition) is 2. The predicted octanol–water partition coefficient (Wildman–Crippen LogP) is 1.71. The van der Waals surface area contributed by atoms with Crippen molar-refractivity contribution in [1.29, 1.82) is 5.26 Å². The highest BCUT2D eigenvalue weighted by atomic mass is 35.5. The predicted molar refractivity (Wildman–Crippen MR) is 99.7 cm³/mol. The molecule has 1 saturated heterocycles. The first-order chi connectivity index (χ1) is 12.1. The maximum atomic E-state index is 8.88. The lowest BCUT2D eigenvalue weighted by Crippen LogP contribution is -2.47. The molecule has 0 aliphatic carbocycles. The second kappa shape index (κ2) is 10.2. The summed E-state index contributed by atoms with van der Waals surface area (Å²) in [6.45, 7) is 10.1. The van der Waals surface area contributed by atoms with E-state index in [9.17, 15) is 0 Å². The Morgan fingerprint density at radius 1 is 1.48 bits per heavy atom. The van der Waals surface area contributed by atoms with Gasteiger partial charge < -0.3 is 10.6 Å². The Bertz CT molecular complexity index is 599. The number of piperazine rings is 1. The van der Waals surface area contributed by atoms with Crippen LogP contribution < -0.4 is 10.6 Å². The van der Waals surface area contributed by atoms with Crippen molar-refractivity contribution in [2.45, 2.75) is 0 Å². The third kappa shape index (κ3) is 6.20. The molecule has 1 heterocycles. The van der Waals surface area contributed by atoms with Gasteiger partial charge in [-0.3, -0.25) is 14.7 Å². The van der Waals surface area contributed by atoms with Crippen LogP contribution in [0.5, 0.6) is 0 Å². The number of nitriles is 1. The molecule has 0 spiro atoms. The Balaban J connectivity index is 1.73. The van der Waals surface area contributed by atoms with Gasteiger partial charge in [-0.2, -0.15) is 5.26 Å². The van der Waals surface area contributed by atoms with Gasteiger partial charge in [0.1, 0.15) is 12.8 Å². The molecule has 0 radical (unpaired) electrons. The lowest BCUT2D eigenvalue weighted by Gasteiger charge is -2.33. The molecule has 0 saturated carbocycles. The van der Waals surface area contributed by atoms with Crippen LogP contribution in [0.15, 0.2) is 31.0 Å². The van der Waals surface area contributed by atoms with Crippen LogP contribution >= 0.6 is 11.6 Å². The first-order valence-electron chi connectivity index (χ1n) is 8.26. The van der Waals surface area contributed by atoms with Crippen molar-refractivity contribution in [3.63, 3.8) is 0 Å². The first kappa shape index (κ1) is 19.5. The standard InChI is InChI=1S/C17H25ClN6O/c1-3-24(11-10-23-8-6-20-7-9-23)22(2)25-14-21-16-5-4-15(13-19)17(18)12-16/h3-5,12,20-21H,1,6-11,14H2,2H3. The minimum Gasteiger partial charge on any atom is -0.361 e. The Labute approximate surface area is 154 Å². The van der Waals surface area contributed by atoms with Crippen molar-refractivity contribution in [3.05, 3.63) is 41.6 Å². The monoisotopic (exact) mass is 364 g/mol. The van der Waals surface area contributed by atoms with Gasteiger partial charge in [0, 0.05) is 58.2 Å². The number of rotatable bonds is 9. The summed E-state index contributed by atoms with van der Waals surface area (Å²) in [4.78, 5) is 8.09. The Morgan fingerprint density at radius 3 is 2.88 bits per heavy atom. The zero-order chi connectivity index (χ0) is 18.1. The maximum Gasteiger partial charge on any atom is 0.140 e. The molecule has 2 rings (SSSR count). The quantitative estimate of drug-likeness (QED) is 0.510. The number of anilines is 1. The molecular formula is C17H25ClN6O. The third-order valence-electron chi connectivity index (χ3n) is 4.04. The van der Waals surface area contributed by atoms with Crippen molar-refractivity contribution < 1.29 is 4.84 Å². The van der Waals surface area contributed by atoms with E-state index in [-0.39, 0.29) is 6.73 Å². The second-order valence-electron chi connectivity index (χ2n) is 5.66. The summed E-state index contributed by atoms with van der Waals surface area (Å²) in [6, 6.07) is 7.22. The molecule has 2 N–H and O–H groups in total. The number of hydroxylamine groups is 1. The van der Waals surface area contributed by atoms with Gasteiger partial charge in [0.05, 0.1) is 10.6 Å². The zero-order valence-corrected chi connectivity index (χ0v) is 15.3. The summed E-state index contributed by atoms with van der Waals surface area (Å²) in [7, 11) is 1.84. The molecule has 8 heteroatoms. The van der Waals surface area contributed by atoms with Crippen LogP contribution in [0.1, 0.15) is 5.56 Å².